The molecule has 5 nitrogen and oxygen atoms in total. The van der Waals surface area contributed by atoms with Crippen LogP contribution >= 0.6 is 0 Å². The summed E-state index contributed by atoms with van der Waals surface area (Å²) in [5.41, 5.74) is 0.787. The van der Waals surface area contributed by atoms with Crippen LogP contribution in [0.2, 0.25) is 0 Å². The predicted molar refractivity (Wildman–Crippen MR) is 84.9 cm³/mol. The van der Waals surface area contributed by atoms with E-state index in [4.69, 9.17) is 4.74 Å². The van der Waals surface area contributed by atoms with E-state index in [1.165, 1.54) is 12.8 Å². The first-order valence-electron chi connectivity index (χ1n) is 7.56. The molecule has 1 aliphatic rings. The van der Waals surface area contributed by atoms with Gasteiger partial charge in [0, 0.05) is 19.3 Å². The molecule has 1 aromatic carbocycles. The maximum Gasteiger partial charge on any atom is 0.321 e. The first-order valence-corrected chi connectivity index (χ1v) is 7.56. The average Bonchev–Trinajstić information content (AvgIpc) is 2.54. The number of carbonyl (C=O) groups is 1. The second-order valence-electron chi connectivity index (χ2n) is 5.56. The van der Waals surface area contributed by atoms with Crippen molar-refractivity contribution >= 4 is 11.7 Å². The van der Waals surface area contributed by atoms with Crippen LogP contribution in [0.4, 0.5) is 10.5 Å². The number of benzene rings is 1. The Kier molecular flexibility index (Phi) is 5.87. The Bertz CT molecular complexity index is 441. The van der Waals surface area contributed by atoms with Crippen molar-refractivity contribution in [3.63, 3.8) is 0 Å². The van der Waals surface area contributed by atoms with Gasteiger partial charge in [0.25, 0.3) is 0 Å². The molecule has 2 amide bonds. The molecule has 0 aromatic heterocycles. The Morgan fingerprint density at radius 2 is 2.00 bits per heavy atom. The summed E-state index contributed by atoms with van der Waals surface area (Å²) in [5.74, 6) is 1.52. The van der Waals surface area contributed by atoms with Gasteiger partial charge in [0.15, 0.2) is 0 Å². The lowest BCUT2D eigenvalue weighted by Gasteiger charge is -2.25. The van der Waals surface area contributed by atoms with Gasteiger partial charge in [0.05, 0.1) is 7.11 Å². The summed E-state index contributed by atoms with van der Waals surface area (Å²) in [5, 5.41) is 6.26. The van der Waals surface area contributed by atoms with Crippen LogP contribution in [0.25, 0.3) is 0 Å². The summed E-state index contributed by atoms with van der Waals surface area (Å²) in [6, 6.07) is 7.30. The summed E-state index contributed by atoms with van der Waals surface area (Å²) in [4.78, 5) is 13.9. The maximum atomic E-state index is 12.1. The molecule has 0 atom stereocenters. The molecule has 21 heavy (non-hydrogen) atoms. The zero-order valence-electron chi connectivity index (χ0n) is 12.9. The fraction of sp³-hybridized carbons (Fsp3) is 0.562. The van der Waals surface area contributed by atoms with Gasteiger partial charge >= 0.3 is 6.03 Å². The van der Waals surface area contributed by atoms with Crippen molar-refractivity contribution in [1.82, 2.24) is 10.2 Å². The number of nitrogens with one attached hydrogen (secondary N) is 2. The third kappa shape index (κ3) is 4.93. The van der Waals surface area contributed by atoms with E-state index >= 15 is 0 Å². The zero-order chi connectivity index (χ0) is 15.1. The van der Waals surface area contributed by atoms with Crippen molar-refractivity contribution in [3.05, 3.63) is 24.3 Å². The first-order chi connectivity index (χ1) is 10.2. The standard InChI is InChI=1S/C16H25N3O2/c1-19(12-9-13-7-10-17-11-8-13)16(20)18-14-3-5-15(21-2)6-4-14/h3-6,13,17H,7-12H2,1-2H3,(H,18,20). The summed E-state index contributed by atoms with van der Waals surface area (Å²) < 4.78 is 5.10. The highest BCUT2D eigenvalue weighted by atomic mass is 16.5. The minimum atomic E-state index is -0.0610. The molecule has 5 heteroatoms. The van der Waals surface area contributed by atoms with Crippen molar-refractivity contribution in [3.8, 4) is 5.75 Å². The van der Waals surface area contributed by atoms with Gasteiger partial charge in [-0.2, -0.15) is 0 Å². The Hall–Kier alpha value is -1.75. The van der Waals surface area contributed by atoms with Gasteiger partial charge in [0.1, 0.15) is 5.75 Å². The molecule has 1 heterocycles. The zero-order valence-corrected chi connectivity index (χ0v) is 12.9. The Morgan fingerprint density at radius 1 is 1.33 bits per heavy atom. The lowest BCUT2D eigenvalue weighted by Crippen LogP contribution is -2.34. The van der Waals surface area contributed by atoms with Gasteiger partial charge in [0.2, 0.25) is 0 Å². The van der Waals surface area contributed by atoms with Gasteiger partial charge < -0.3 is 20.3 Å². The van der Waals surface area contributed by atoms with Crippen LogP contribution in [0.1, 0.15) is 19.3 Å². The number of ether oxygens (including phenoxy) is 1. The van der Waals surface area contributed by atoms with Crippen molar-refractivity contribution in [1.29, 1.82) is 0 Å². The van der Waals surface area contributed by atoms with Crippen LogP contribution in [0.3, 0.4) is 0 Å². The fourth-order valence-corrected chi connectivity index (χ4v) is 2.54. The molecule has 2 rings (SSSR count). The summed E-state index contributed by atoms with van der Waals surface area (Å²) >= 11 is 0. The summed E-state index contributed by atoms with van der Waals surface area (Å²) in [6.07, 6.45) is 3.51. The minimum Gasteiger partial charge on any atom is -0.497 e. The average molecular weight is 291 g/mol. The van der Waals surface area contributed by atoms with Gasteiger partial charge in [-0.05, 0) is 62.5 Å². The number of rotatable bonds is 5. The fourth-order valence-electron chi connectivity index (χ4n) is 2.54. The predicted octanol–water partition coefficient (Wildman–Crippen LogP) is 2.55. The Labute approximate surface area is 126 Å². The molecule has 0 spiro atoms. The van der Waals surface area contributed by atoms with Gasteiger partial charge in [-0.3, -0.25) is 0 Å². The molecule has 0 radical (unpaired) electrons. The number of methoxy groups -OCH3 is 1. The SMILES string of the molecule is COc1ccc(NC(=O)N(C)CCC2CCNCC2)cc1. The molecular formula is C16H25N3O2. The van der Waals surface area contributed by atoms with Crippen LogP contribution in [0, 0.1) is 5.92 Å². The molecule has 0 aliphatic carbocycles. The number of nitrogens with zero attached hydrogens (tertiary/aromatic N) is 1. The van der Waals surface area contributed by atoms with E-state index in [0.717, 1.165) is 43.4 Å². The number of carbonyl (C=O) groups excluding carboxylic acids is 1. The lowest BCUT2D eigenvalue weighted by atomic mass is 9.94. The molecule has 1 saturated heterocycles. The van der Waals surface area contributed by atoms with Crippen molar-refractivity contribution < 1.29 is 9.53 Å². The third-order valence-corrected chi connectivity index (χ3v) is 4.02. The maximum absolute atomic E-state index is 12.1. The minimum absolute atomic E-state index is 0.0610. The highest BCUT2D eigenvalue weighted by Gasteiger charge is 2.15. The molecule has 1 aliphatic heterocycles. The van der Waals surface area contributed by atoms with Crippen LogP contribution in [0.5, 0.6) is 5.75 Å². The molecular weight excluding hydrogens is 266 g/mol. The normalized spacial score (nSPS) is 15.5. The van der Waals surface area contributed by atoms with E-state index in [2.05, 4.69) is 10.6 Å². The van der Waals surface area contributed by atoms with E-state index in [1.54, 1.807) is 12.0 Å². The van der Waals surface area contributed by atoms with Crippen molar-refractivity contribution in [2.75, 3.05) is 39.1 Å². The third-order valence-electron chi connectivity index (χ3n) is 4.02. The molecule has 1 aromatic rings. The van der Waals surface area contributed by atoms with Crippen molar-refractivity contribution in [2.24, 2.45) is 5.92 Å². The number of amides is 2. The second-order valence-corrected chi connectivity index (χ2v) is 5.56. The molecule has 0 bridgehead atoms. The molecule has 116 valence electrons. The van der Waals surface area contributed by atoms with Gasteiger partial charge in [-0.15, -0.1) is 0 Å². The van der Waals surface area contributed by atoms with Crippen LogP contribution in [-0.2, 0) is 0 Å². The number of urea groups is 1. The quantitative estimate of drug-likeness (QED) is 0.876. The van der Waals surface area contributed by atoms with E-state index in [1.807, 2.05) is 31.3 Å². The number of anilines is 1. The van der Waals surface area contributed by atoms with E-state index in [9.17, 15) is 4.79 Å². The monoisotopic (exact) mass is 291 g/mol. The molecule has 0 unspecified atom stereocenters. The Morgan fingerprint density at radius 3 is 2.62 bits per heavy atom. The molecule has 1 fully saturated rings. The topological polar surface area (TPSA) is 53.6 Å². The lowest BCUT2D eigenvalue weighted by molar-refractivity contribution is 0.216. The van der Waals surface area contributed by atoms with Gasteiger partial charge in [-0.1, -0.05) is 0 Å². The van der Waals surface area contributed by atoms with Gasteiger partial charge in [-0.25, -0.2) is 4.79 Å². The Balaban J connectivity index is 1.75. The van der Waals surface area contributed by atoms with E-state index < -0.39 is 0 Å². The highest BCUT2D eigenvalue weighted by Crippen LogP contribution is 2.17. The highest BCUT2D eigenvalue weighted by molar-refractivity contribution is 5.89. The van der Waals surface area contributed by atoms with Crippen LogP contribution in [0.15, 0.2) is 24.3 Å². The van der Waals surface area contributed by atoms with Crippen LogP contribution < -0.4 is 15.4 Å². The number of hydrogen-bond acceptors (Lipinski definition) is 3. The largest absolute Gasteiger partial charge is 0.497 e. The second kappa shape index (κ2) is 7.88. The van der Waals surface area contributed by atoms with Crippen LogP contribution in [-0.4, -0.2) is 44.7 Å². The molecule has 0 saturated carbocycles. The molecule has 2 N–H and O–H groups in total. The number of hydrogen-bond donors (Lipinski definition) is 2. The summed E-state index contributed by atoms with van der Waals surface area (Å²) in [7, 11) is 3.47. The number of piperidine rings is 1. The summed E-state index contributed by atoms with van der Waals surface area (Å²) in [6.45, 7) is 3.01. The smallest absolute Gasteiger partial charge is 0.321 e. The van der Waals surface area contributed by atoms with E-state index in [-0.39, 0.29) is 6.03 Å². The first kappa shape index (κ1) is 15.6. The van der Waals surface area contributed by atoms with E-state index in [0.29, 0.717) is 0 Å². The van der Waals surface area contributed by atoms with Crippen molar-refractivity contribution in [2.45, 2.75) is 19.3 Å².